The molecule has 2 rings (SSSR count). The molecular formula is C13H14ClN3O3. The zero-order valence-electron chi connectivity index (χ0n) is 11.1. The first-order valence-electron chi connectivity index (χ1n) is 6.05. The summed E-state index contributed by atoms with van der Waals surface area (Å²) in [6.45, 7) is 4.67. The van der Waals surface area contributed by atoms with E-state index in [4.69, 9.17) is 21.4 Å². The molecule has 0 saturated heterocycles. The monoisotopic (exact) mass is 295 g/mol. The van der Waals surface area contributed by atoms with Crippen molar-refractivity contribution in [3.63, 3.8) is 0 Å². The topological polar surface area (TPSA) is 77.2 Å². The number of aromatic carboxylic acids is 1. The lowest BCUT2D eigenvalue weighted by Crippen LogP contribution is -2.07. The fraction of sp³-hybridized carbons (Fsp3) is 0.308. The lowest BCUT2D eigenvalue weighted by atomic mass is 10.3. The Kier molecular flexibility index (Phi) is 4.24. The number of carboxylic acids is 1. The Labute approximate surface area is 121 Å². The molecule has 106 valence electrons. The van der Waals surface area contributed by atoms with Gasteiger partial charge in [-0.15, -0.1) is 0 Å². The molecule has 0 aliphatic heterocycles. The molecule has 0 amide bonds. The quantitative estimate of drug-likeness (QED) is 0.917. The number of rotatable bonds is 5. The highest BCUT2D eigenvalue weighted by Crippen LogP contribution is 2.22. The molecule has 0 bridgehead atoms. The average molecular weight is 296 g/mol. The number of halogens is 1. The molecule has 0 aliphatic rings. The first kappa shape index (κ1) is 14.3. The van der Waals surface area contributed by atoms with Crippen molar-refractivity contribution in [1.82, 2.24) is 14.8 Å². The van der Waals surface area contributed by atoms with Gasteiger partial charge in [-0.1, -0.05) is 11.6 Å². The molecule has 0 fully saturated rings. The second-order valence-electron chi connectivity index (χ2n) is 4.16. The SMILES string of the molecule is CCn1nc(C)c(Cl)c1COc1cncc(C(=O)O)c1. The fourth-order valence-electron chi connectivity index (χ4n) is 1.77. The summed E-state index contributed by atoms with van der Waals surface area (Å²) < 4.78 is 7.30. The van der Waals surface area contributed by atoms with Gasteiger partial charge in [0.2, 0.25) is 0 Å². The van der Waals surface area contributed by atoms with Crippen LogP contribution in [0.15, 0.2) is 18.5 Å². The Morgan fingerprint density at radius 2 is 2.25 bits per heavy atom. The van der Waals surface area contributed by atoms with Crippen LogP contribution >= 0.6 is 11.6 Å². The van der Waals surface area contributed by atoms with Crippen molar-refractivity contribution in [3.05, 3.63) is 40.4 Å². The van der Waals surface area contributed by atoms with Crippen LogP contribution in [0.2, 0.25) is 5.02 Å². The average Bonchev–Trinajstić information content (AvgIpc) is 2.72. The number of nitrogens with zero attached hydrogens (tertiary/aromatic N) is 3. The van der Waals surface area contributed by atoms with Gasteiger partial charge >= 0.3 is 5.97 Å². The lowest BCUT2D eigenvalue weighted by Gasteiger charge is -2.08. The van der Waals surface area contributed by atoms with Gasteiger partial charge in [0.05, 0.1) is 28.2 Å². The van der Waals surface area contributed by atoms with E-state index in [-0.39, 0.29) is 12.2 Å². The smallest absolute Gasteiger partial charge is 0.337 e. The molecular weight excluding hydrogens is 282 g/mol. The summed E-state index contributed by atoms with van der Waals surface area (Å²) in [6, 6.07) is 1.42. The van der Waals surface area contributed by atoms with Gasteiger partial charge < -0.3 is 9.84 Å². The predicted octanol–water partition coefficient (Wildman–Crippen LogP) is 2.54. The number of hydrogen-bond acceptors (Lipinski definition) is 4. The first-order chi connectivity index (χ1) is 9.52. The Hall–Kier alpha value is -2.08. The lowest BCUT2D eigenvalue weighted by molar-refractivity contribution is 0.0696. The number of aromatic nitrogens is 3. The van der Waals surface area contributed by atoms with Gasteiger partial charge in [-0.05, 0) is 19.9 Å². The minimum Gasteiger partial charge on any atom is -0.486 e. The maximum atomic E-state index is 10.9. The molecule has 1 N–H and O–H groups in total. The second kappa shape index (κ2) is 5.92. The van der Waals surface area contributed by atoms with Crippen molar-refractivity contribution in [2.24, 2.45) is 0 Å². The van der Waals surface area contributed by atoms with E-state index in [2.05, 4.69) is 10.1 Å². The number of ether oxygens (including phenoxy) is 1. The molecule has 0 aromatic carbocycles. The Bertz CT molecular complexity index is 640. The Morgan fingerprint density at radius 3 is 2.90 bits per heavy atom. The van der Waals surface area contributed by atoms with Gasteiger partial charge in [-0.3, -0.25) is 9.67 Å². The molecule has 0 unspecified atom stereocenters. The highest BCUT2D eigenvalue weighted by atomic mass is 35.5. The molecule has 2 heterocycles. The van der Waals surface area contributed by atoms with Gasteiger partial charge in [0.1, 0.15) is 12.4 Å². The van der Waals surface area contributed by atoms with E-state index in [0.717, 1.165) is 11.4 Å². The summed E-state index contributed by atoms with van der Waals surface area (Å²) in [7, 11) is 0. The van der Waals surface area contributed by atoms with Gasteiger partial charge in [-0.25, -0.2) is 4.79 Å². The maximum absolute atomic E-state index is 10.9. The van der Waals surface area contributed by atoms with E-state index in [0.29, 0.717) is 17.3 Å². The number of carboxylic acid groups (broad SMARTS) is 1. The summed E-state index contributed by atoms with van der Waals surface area (Å²) in [4.78, 5) is 14.7. The molecule has 0 aliphatic carbocycles. The molecule has 0 spiro atoms. The Morgan fingerprint density at radius 1 is 1.50 bits per heavy atom. The minimum atomic E-state index is -1.05. The van der Waals surface area contributed by atoms with E-state index in [1.807, 2.05) is 13.8 Å². The van der Waals surface area contributed by atoms with Gasteiger partial charge in [0, 0.05) is 12.7 Å². The molecule has 0 atom stereocenters. The van der Waals surface area contributed by atoms with Crippen LogP contribution in [0.1, 0.15) is 28.7 Å². The van der Waals surface area contributed by atoms with Crippen molar-refractivity contribution in [2.45, 2.75) is 27.0 Å². The van der Waals surface area contributed by atoms with Crippen molar-refractivity contribution in [3.8, 4) is 5.75 Å². The van der Waals surface area contributed by atoms with Crippen LogP contribution in [0.4, 0.5) is 0 Å². The van der Waals surface area contributed by atoms with Crippen LogP contribution in [-0.4, -0.2) is 25.8 Å². The van der Waals surface area contributed by atoms with E-state index in [1.165, 1.54) is 18.5 Å². The third kappa shape index (κ3) is 2.91. The summed E-state index contributed by atoms with van der Waals surface area (Å²) in [5.74, 6) is -0.669. The number of aryl methyl sites for hydroxylation is 2. The van der Waals surface area contributed by atoms with Gasteiger partial charge in [-0.2, -0.15) is 5.10 Å². The zero-order chi connectivity index (χ0) is 14.7. The van der Waals surface area contributed by atoms with Crippen molar-refractivity contribution < 1.29 is 14.6 Å². The molecule has 0 saturated carbocycles. The van der Waals surface area contributed by atoms with Gasteiger partial charge in [0.25, 0.3) is 0 Å². The standard InChI is InChI=1S/C13H14ClN3O3/c1-3-17-11(12(14)8(2)16-17)7-20-10-4-9(13(18)19)5-15-6-10/h4-6H,3,7H2,1-2H3,(H,18,19). The first-order valence-corrected chi connectivity index (χ1v) is 6.43. The van der Waals surface area contributed by atoms with E-state index in [9.17, 15) is 4.79 Å². The molecule has 6 nitrogen and oxygen atoms in total. The maximum Gasteiger partial charge on any atom is 0.337 e. The molecule has 20 heavy (non-hydrogen) atoms. The number of carbonyl (C=O) groups is 1. The van der Waals surface area contributed by atoms with Gasteiger partial charge in [0.15, 0.2) is 0 Å². The fourth-order valence-corrected chi connectivity index (χ4v) is 1.96. The molecule has 2 aromatic heterocycles. The van der Waals surface area contributed by atoms with E-state index >= 15 is 0 Å². The van der Waals surface area contributed by atoms with E-state index < -0.39 is 5.97 Å². The second-order valence-corrected chi connectivity index (χ2v) is 4.54. The summed E-state index contributed by atoms with van der Waals surface area (Å²) in [5.41, 5.74) is 1.57. The van der Waals surface area contributed by atoms with E-state index in [1.54, 1.807) is 4.68 Å². The van der Waals surface area contributed by atoms with Crippen molar-refractivity contribution >= 4 is 17.6 Å². The van der Waals surface area contributed by atoms with Crippen molar-refractivity contribution in [2.75, 3.05) is 0 Å². The summed E-state index contributed by atoms with van der Waals surface area (Å²) >= 11 is 6.17. The van der Waals surface area contributed by atoms with Crippen LogP contribution in [-0.2, 0) is 13.2 Å². The van der Waals surface area contributed by atoms with Crippen LogP contribution in [0, 0.1) is 6.92 Å². The number of hydrogen-bond donors (Lipinski definition) is 1. The summed E-state index contributed by atoms with van der Waals surface area (Å²) in [5, 5.41) is 13.7. The Balaban J connectivity index is 2.16. The third-order valence-corrected chi connectivity index (χ3v) is 3.28. The largest absolute Gasteiger partial charge is 0.486 e. The third-order valence-electron chi connectivity index (χ3n) is 2.79. The van der Waals surface area contributed by atoms with Crippen LogP contribution in [0.25, 0.3) is 0 Å². The van der Waals surface area contributed by atoms with Crippen molar-refractivity contribution in [1.29, 1.82) is 0 Å². The highest BCUT2D eigenvalue weighted by molar-refractivity contribution is 6.31. The normalized spacial score (nSPS) is 10.6. The van der Waals surface area contributed by atoms with Crippen LogP contribution in [0.5, 0.6) is 5.75 Å². The predicted molar refractivity (Wildman–Crippen MR) is 73.2 cm³/mol. The molecule has 2 aromatic rings. The molecule has 0 radical (unpaired) electrons. The van der Waals surface area contributed by atoms with Crippen LogP contribution in [0.3, 0.4) is 0 Å². The summed E-state index contributed by atoms with van der Waals surface area (Å²) in [6.07, 6.45) is 2.72. The number of pyridine rings is 1. The minimum absolute atomic E-state index is 0.0776. The highest BCUT2D eigenvalue weighted by Gasteiger charge is 2.13. The zero-order valence-corrected chi connectivity index (χ0v) is 11.9. The molecule has 7 heteroatoms. The van der Waals surface area contributed by atoms with Crippen LogP contribution < -0.4 is 4.74 Å².